The molecule has 0 bridgehead atoms. The Labute approximate surface area is 182 Å². The van der Waals surface area contributed by atoms with E-state index >= 15 is 0 Å². The van der Waals surface area contributed by atoms with Crippen LogP contribution < -0.4 is 15.8 Å². The largest absolute Gasteiger partial charge is 0.354 e. The van der Waals surface area contributed by atoms with E-state index < -0.39 is 0 Å². The molecule has 0 spiro atoms. The van der Waals surface area contributed by atoms with Gasteiger partial charge >= 0.3 is 0 Å². The maximum absolute atomic E-state index is 13.1. The third kappa shape index (κ3) is 4.33. The number of aryl methyl sites for hydroxylation is 3. The van der Waals surface area contributed by atoms with Crippen molar-refractivity contribution < 1.29 is 4.79 Å². The molecule has 0 saturated carbocycles. The number of nitrogens with zero attached hydrogens (tertiary/aromatic N) is 3. The van der Waals surface area contributed by atoms with Crippen LogP contribution in [0.5, 0.6) is 0 Å². The molecule has 1 N–H and O–H groups in total. The molecule has 6 heteroatoms. The Hall–Kier alpha value is -3.15. The van der Waals surface area contributed by atoms with Gasteiger partial charge in [0.1, 0.15) is 6.54 Å². The van der Waals surface area contributed by atoms with E-state index in [1.807, 2.05) is 57.2 Å². The third-order valence-electron chi connectivity index (χ3n) is 6.04. The number of benzene rings is 2. The van der Waals surface area contributed by atoms with Crippen molar-refractivity contribution in [1.82, 2.24) is 9.78 Å². The number of piperidine rings is 1. The van der Waals surface area contributed by atoms with E-state index in [1.165, 1.54) is 11.1 Å². The van der Waals surface area contributed by atoms with Crippen molar-refractivity contribution in [2.24, 2.45) is 5.92 Å². The minimum Gasteiger partial charge on any atom is -0.354 e. The molecule has 1 atom stereocenters. The average molecular weight is 419 g/mol. The summed E-state index contributed by atoms with van der Waals surface area (Å²) in [4.78, 5) is 28.2. The molecule has 1 unspecified atom stereocenters. The van der Waals surface area contributed by atoms with Gasteiger partial charge in [-0.2, -0.15) is 5.10 Å². The standard InChI is InChI=1S/C25H30N4O2/c1-16-8-7-11-28(14-16)24-20-9-5-6-10-21(20)25(31)29(27-24)15-22(30)26-23-18(3)12-17(2)13-19(23)4/h5-6,9-10,12-13,16H,7-8,11,14-15H2,1-4H3,(H,26,30). The second-order valence-corrected chi connectivity index (χ2v) is 8.85. The van der Waals surface area contributed by atoms with Crippen LogP contribution in [0.4, 0.5) is 11.5 Å². The van der Waals surface area contributed by atoms with Crippen LogP contribution in [0.15, 0.2) is 41.2 Å². The first-order valence-electron chi connectivity index (χ1n) is 11.0. The van der Waals surface area contributed by atoms with Crippen molar-refractivity contribution in [1.29, 1.82) is 0 Å². The number of aromatic nitrogens is 2. The highest BCUT2D eigenvalue weighted by Crippen LogP contribution is 2.27. The molecule has 3 aromatic rings. The van der Waals surface area contributed by atoms with Crippen LogP contribution in [0.1, 0.15) is 36.5 Å². The second kappa shape index (κ2) is 8.53. The van der Waals surface area contributed by atoms with Gasteiger partial charge in [0.15, 0.2) is 5.82 Å². The summed E-state index contributed by atoms with van der Waals surface area (Å²) in [6, 6.07) is 11.6. The van der Waals surface area contributed by atoms with Gasteiger partial charge in [-0.1, -0.05) is 42.8 Å². The molecule has 6 nitrogen and oxygen atoms in total. The molecular formula is C25H30N4O2. The molecule has 2 heterocycles. The van der Waals surface area contributed by atoms with Crippen molar-refractivity contribution in [2.75, 3.05) is 23.3 Å². The number of carbonyl (C=O) groups is 1. The summed E-state index contributed by atoms with van der Waals surface area (Å²) in [5, 5.41) is 9.10. The smallest absolute Gasteiger partial charge is 0.275 e. The maximum atomic E-state index is 13.1. The predicted molar refractivity (Wildman–Crippen MR) is 126 cm³/mol. The molecule has 1 aromatic heterocycles. The topological polar surface area (TPSA) is 67.2 Å². The van der Waals surface area contributed by atoms with Crippen molar-refractivity contribution in [3.8, 4) is 0 Å². The molecule has 162 valence electrons. The molecule has 1 fully saturated rings. The maximum Gasteiger partial charge on any atom is 0.275 e. The lowest BCUT2D eigenvalue weighted by Crippen LogP contribution is -2.38. The number of carbonyl (C=O) groups excluding carboxylic acids is 1. The molecule has 4 rings (SSSR count). The molecule has 1 amide bonds. The van der Waals surface area contributed by atoms with E-state index in [0.29, 0.717) is 11.3 Å². The van der Waals surface area contributed by atoms with Crippen LogP contribution in [-0.4, -0.2) is 28.8 Å². The molecular weight excluding hydrogens is 388 g/mol. The van der Waals surface area contributed by atoms with E-state index in [0.717, 1.165) is 53.1 Å². The van der Waals surface area contributed by atoms with Crippen LogP contribution in [0.25, 0.3) is 10.8 Å². The highest BCUT2D eigenvalue weighted by Gasteiger charge is 2.22. The fraction of sp³-hybridized carbons (Fsp3) is 0.400. The van der Waals surface area contributed by atoms with Crippen LogP contribution in [0.2, 0.25) is 0 Å². The minimum absolute atomic E-state index is 0.118. The highest BCUT2D eigenvalue weighted by molar-refractivity contribution is 5.94. The van der Waals surface area contributed by atoms with Gasteiger partial charge < -0.3 is 10.2 Å². The van der Waals surface area contributed by atoms with Gasteiger partial charge in [-0.3, -0.25) is 9.59 Å². The SMILES string of the molecule is Cc1cc(C)c(NC(=O)Cn2nc(N3CCCC(C)C3)c3ccccc3c2=O)c(C)c1. The van der Waals surface area contributed by atoms with Gasteiger partial charge in [0.2, 0.25) is 5.91 Å². The Morgan fingerprint density at radius 3 is 2.48 bits per heavy atom. The molecule has 1 aliphatic rings. The van der Waals surface area contributed by atoms with Crippen LogP contribution >= 0.6 is 0 Å². The number of anilines is 2. The van der Waals surface area contributed by atoms with Gasteiger partial charge in [0, 0.05) is 24.2 Å². The summed E-state index contributed by atoms with van der Waals surface area (Å²) in [5.41, 5.74) is 3.73. The van der Waals surface area contributed by atoms with E-state index in [9.17, 15) is 9.59 Å². The molecule has 0 radical (unpaired) electrons. The minimum atomic E-state index is -0.252. The zero-order chi connectivity index (χ0) is 22.1. The highest BCUT2D eigenvalue weighted by atomic mass is 16.2. The van der Waals surface area contributed by atoms with Gasteiger partial charge in [0.05, 0.1) is 5.39 Å². The van der Waals surface area contributed by atoms with Crippen molar-refractivity contribution >= 4 is 28.2 Å². The number of fused-ring (bicyclic) bond motifs is 1. The summed E-state index contributed by atoms with van der Waals surface area (Å²) in [7, 11) is 0. The quantitative estimate of drug-likeness (QED) is 0.690. The number of hydrogen-bond acceptors (Lipinski definition) is 4. The molecule has 2 aromatic carbocycles. The van der Waals surface area contributed by atoms with Crippen LogP contribution in [-0.2, 0) is 11.3 Å². The van der Waals surface area contributed by atoms with E-state index in [-0.39, 0.29) is 18.0 Å². The lowest BCUT2D eigenvalue weighted by molar-refractivity contribution is -0.117. The lowest BCUT2D eigenvalue weighted by atomic mass is 10.00. The van der Waals surface area contributed by atoms with Crippen LogP contribution in [0, 0.1) is 26.7 Å². The summed E-state index contributed by atoms with van der Waals surface area (Å²) < 4.78 is 1.31. The second-order valence-electron chi connectivity index (χ2n) is 8.85. The molecule has 0 aliphatic carbocycles. The first kappa shape index (κ1) is 21.1. The van der Waals surface area contributed by atoms with Gasteiger partial charge in [0.25, 0.3) is 5.56 Å². The Bertz CT molecular complexity index is 1170. The molecule has 1 saturated heterocycles. The number of rotatable bonds is 4. The molecule has 31 heavy (non-hydrogen) atoms. The lowest BCUT2D eigenvalue weighted by Gasteiger charge is -2.32. The average Bonchev–Trinajstić information content (AvgIpc) is 2.73. The predicted octanol–water partition coefficient (Wildman–Crippen LogP) is 4.20. The first-order chi connectivity index (χ1) is 14.8. The van der Waals surface area contributed by atoms with Crippen LogP contribution in [0.3, 0.4) is 0 Å². The Morgan fingerprint density at radius 2 is 1.81 bits per heavy atom. The van der Waals surface area contributed by atoms with Gasteiger partial charge in [-0.05, 0) is 56.7 Å². The van der Waals surface area contributed by atoms with E-state index in [2.05, 4.69) is 22.2 Å². The monoisotopic (exact) mass is 418 g/mol. The Kier molecular flexibility index (Phi) is 5.81. The van der Waals surface area contributed by atoms with E-state index in [4.69, 9.17) is 0 Å². The van der Waals surface area contributed by atoms with Crippen molar-refractivity contribution in [3.63, 3.8) is 0 Å². The first-order valence-corrected chi connectivity index (χ1v) is 11.0. The summed E-state index contributed by atoms with van der Waals surface area (Å²) >= 11 is 0. The molecule has 1 aliphatic heterocycles. The van der Waals surface area contributed by atoms with E-state index in [1.54, 1.807) is 0 Å². The zero-order valence-electron chi connectivity index (χ0n) is 18.7. The summed E-state index contributed by atoms with van der Waals surface area (Å²) in [6.45, 7) is 9.93. The Morgan fingerprint density at radius 1 is 1.13 bits per heavy atom. The summed E-state index contributed by atoms with van der Waals surface area (Å²) in [5.74, 6) is 1.11. The van der Waals surface area contributed by atoms with Crippen molar-refractivity contribution in [2.45, 2.75) is 47.1 Å². The zero-order valence-corrected chi connectivity index (χ0v) is 18.7. The number of amides is 1. The third-order valence-corrected chi connectivity index (χ3v) is 6.04. The fourth-order valence-corrected chi connectivity index (χ4v) is 4.63. The van der Waals surface area contributed by atoms with Gasteiger partial charge in [-0.15, -0.1) is 0 Å². The summed E-state index contributed by atoms with van der Waals surface area (Å²) in [6.07, 6.45) is 2.30. The normalized spacial score (nSPS) is 16.5. The van der Waals surface area contributed by atoms with Gasteiger partial charge in [-0.25, -0.2) is 4.68 Å². The number of hydrogen-bond donors (Lipinski definition) is 1. The number of nitrogens with one attached hydrogen (secondary N) is 1. The van der Waals surface area contributed by atoms with Crippen molar-refractivity contribution in [3.05, 3.63) is 63.4 Å². The Balaban J connectivity index is 1.68. The fourth-order valence-electron chi connectivity index (χ4n) is 4.63.